The molecule has 0 N–H and O–H groups in total. The second kappa shape index (κ2) is 9.17. The number of aryl methyl sites for hydroxylation is 2. The Morgan fingerprint density at radius 1 is 0.806 bits per heavy atom. The third-order valence-corrected chi connectivity index (χ3v) is 4.68. The molecule has 0 fully saturated rings. The van der Waals surface area contributed by atoms with Crippen molar-refractivity contribution in [2.45, 2.75) is 13.5 Å². The molecule has 6 nitrogen and oxygen atoms in total. The van der Waals surface area contributed by atoms with Gasteiger partial charge in [0.05, 0.1) is 11.3 Å². The van der Waals surface area contributed by atoms with Crippen LogP contribution in [0.2, 0.25) is 0 Å². The Labute approximate surface area is 180 Å². The summed E-state index contributed by atoms with van der Waals surface area (Å²) in [5.74, 6) is 3.14. The van der Waals surface area contributed by atoms with Crippen molar-refractivity contribution < 1.29 is 19.0 Å². The van der Waals surface area contributed by atoms with Crippen molar-refractivity contribution >= 4 is 6.29 Å². The molecule has 156 valence electrons. The van der Waals surface area contributed by atoms with E-state index in [4.69, 9.17) is 14.2 Å². The maximum absolute atomic E-state index is 11.3. The zero-order chi connectivity index (χ0) is 21.6. The van der Waals surface area contributed by atoms with Gasteiger partial charge >= 0.3 is 0 Å². The number of benzene rings is 3. The summed E-state index contributed by atoms with van der Waals surface area (Å²) in [5.41, 5.74) is 2.19. The van der Waals surface area contributed by atoms with Crippen molar-refractivity contribution in [3.05, 3.63) is 95.7 Å². The van der Waals surface area contributed by atoms with E-state index in [1.165, 1.54) is 0 Å². The van der Waals surface area contributed by atoms with Gasteiger partial charge in [-0.25, -0.2) is 4.68 Å². The van der Waals surface area contributed by atoms with E-state index in [2.05, 4.69) is 5.10 Å². The Kier molecular flexibility index (Phi) is 5.98. The lowest BCUT2D eigenvalue weighted by atomic mass is 10.2. The number of nitrogens with zero attached hydrogens (tertiary/aromatic N) is 2. The zero-order valence-electron chi connectivity index (χ0n) is 17.3. The summed E-state index contributed by atoms with van der Waals surface area (Å²) in [4.78, 5) is 11.3. The zero-order valence-corrected chi connectivity index (χ0v) is 17.3. The molecule has 1 aromatic heterocycles. The number of hydrogen-bond donors (Lipinski definition) is 0. The monoisotopic (exact) mass is 414 g/mol. The minimum absolute atomic E-state index is 0.409. The number of aromatic nitrogens is 2. The van der Waals surface area contributed by atoms with Gasteiger partial charge in [-0.2, -0.15) is 5.10 Å². The Morgan fingerprint density at radius 3 is 1.94 bits per heavy atom. The predicted molar refractivity (Wildman–Crippen MR) is 117 cm³/mol. The van der Waals surface area contributed by atoms with Crippen LogP contribution in [0.3, 0.4) is 0 Å². The highest BCUT2D eigenvalue weighted by atomic mass is 16.5. The number of carbonyl (C=O) groups is 1. The minimum atomic E-state index is 0.409. The van der Waals surface area contributed by atoms with Crippen molar-refractivity contribution in [2.75, 3.05) is 0 Å². The summed E-state index contributed by atoms with van der Waals surface area (Å²) in [6.45, 7) is 2.29. The van der Waals surface area contributed by atoms with Crippen LogP contribution in [0.1, 0.15) is 21.6 Å². The van der Waals surface area contributed by atoms with Crippen LogP contribution in [0.25, 0.3) is 0 Å². The van der Waals surface area contributed by atoms with E-state index >= 15 is 0 Å². The van der Waals surface area contributed by atoms with Crippen LogP contribution in [0.4, 0.5) is 0 Å². The summed E-state index contributed by atoms with van der Waals surface area (Å²) in [7, 11) is 1.74. The Hall–Kier alpha value is -4.06. The van der Waals surface area contributed by atoms with E-state index in [1.807, 2.05) is 54.6 Å². The van der Waals surface area contributed by atoms with Crippen molar-refractivity contribution in [2.24, 2.45) is 7.05 Å². The number of hydrogen-bond acceptors (Lipinski definition) is 5. The first-order chi connectivity index (χ1) is 15.1. The lowest BCUT2D eigenvalue weighted by Gasteiger charge is -2.10. The third kappa shape index (κ3) is 4.93. The van der Waals surface area contributed by atoms with Crippen molar-refractivity contribution in [3.63, 3.8) is 0 Å². The molecule has 0 bridgehead atoms. The second-order valence-electron chi connectivity index (χ2n) is 6.97. The van der Waals surface area contributed by atoms with Crippen LogP contribution in [0.5, 0.6) is 28.9 Å². The van der Waals surface area contributed by atoms with Crippen LogP contribution in [-0.2, 0) is 13.7 Å². The van der Waals surface area contributed by atoms with E-state index in [0.717, 1.165) is 17.6 Å². The molecular formula is C25H22N2O4. The van der Waals surface area contributed by atoms with E-state index in [-0.39, 0.29) is 0 Å². The van der Waals surface area contributed by atoms with Gasteiger partial charge in [-0.15, -0.1) is 0 Å². The minimum Gasteiger partial charge on any atom is -0.489 e. The maximum Gasteiger partial charge on any atom is 0.228 e. The van der Waals surface area contributed by atoms with Gasteiger partial charge in [-0.05, 0) is 61.0 Å². The second-order valence-corrected chi connectivity index (χ2v) is 6.97. The Morgan fingerprint density at radius 2 is 1.35 bits per heavy atom. The first-order valence-electron chi connectivity index (χ1n) is 9.84. The fourth-order valence-corrected chi connectivity index (χ4v) is 3.08. The molecule has 0 atom stereocenters. The fourth-order valence-electron chi connectivity index (χ4n) is 3.08. The molecule has 31 heavy (non-hydrogen) atoms. The smallest absolute Gasteiger partial charge is 0.228 e. The van der Waals surface area contributed by atoms with Crippen molar-refractivity contribution in [1.29, 1.82) is 0 Å². The third-order valence-electron chi connectivity index (χ3n) is 4.68. The normalized spacial score (nSPS) is 10.5. The quantitative estimate of drug-likeness (QED) is 0.346. The lowest BCUT2D eigenvalue weighted by Crippen LogP contribution is -1.96. The molecule has 3 aromatic carbocycles. The van der Waals surface area contributed by atoms with Gasteiger partial charge < -0.3 is 14.2 Å². The average molecular weight is 414 g/mol. The Bertz CT molecular complexity index is 1150. The summed E-state index contributed by atoms with van der Waals surface area (Å²) >= 11 is 0. The van der Waals surface area contributed by atoms with Crippen LogP contribution in [0.15, 0.2) is 78.9 Å². The molecule has 4 aromatic rings. The van der Waals surface area contributed by atoms with Gasteiger partial charge in [0.1, 0.15) is 29.6 Å². The van der Waals surface area contributed by atoms with Crippen LogP contribution in [-0.4, -0.2) is 16.1 Å². The summed E-state index contributed by atoms with van der Waals surface area (Å²) < 4.78 is 19.1. The largest absolute Gasteiger partial charge is 0.489 e. The van der Waals surface area contributed by atoms with E-state index < -0.39 is 0 Å². The molecule has 0 saturated heterocycles. The molecule has 6 heteroatoms. The molecule has 0 aliphatic rings. The average Bonchev–Trinajstić information content (AvgIpc) is 3.07. The molecule has 0 spiro atoms. The van der Waals surface area contributed by atoms with Gasteiger partial charge in [0.2, 0.25) is 5.88 Å². The van der Waals surface area contributed by atoms with Gasteiger partial charge in [-0.1, -0.05) is 30.3 Å². The van der Waals surface area contributed by atoms with Gasteiger partial charge in [0, 0.05) is 7.05 Å². The van der Waals surface area contributed by atoms with Crippen LogP contribution in [0, 0.1) is 6.92 Å². The lowest BCUT2D eigenvalue weighted by molar-refractivity contribution is 0.112. The number of carbonyl (C=O) groups excluding carboxylic acids is 1. The van der Waals surface area contributed by atoms with Crippen molar-refractivity contribution in [3.8, 4) is 28.9 Å². The molecule has 0 radical (unpaired) electrons. The molecule has 0 saturated carbocycles. The van der Waals surface area contributed by atoms with Gasteiger partial charge in [0.25, 0.3) is 0 Å². The van der Waals surface area contributed by atoms with Crippen LogP contribution >= 0.6 is 0 Å². The standard InChI is InChI=1S/C25H22N2O4/c1-18-24(16-28)25(27(2)26-18)31-23-14-12-22(13-15-23)30-21-10-8-20(9-11-21)29-17-19-6-4-3-5-7-19/h3-16H,17H2,1-2H3. The van der Waals surface area contributed by atoms with Crippen molar-refractivity contribution in [1.82, 2.24) is 9.78 Å². The summed E-state index contributed by atoms with van der Waals surface area (Å²) in [6.07, 6.45) is 0.752. The van der Waals surface area contributed by atoms with E-state index in [1.54, 1.807) is 42.9 Å². The van der Waals surface area contributed by atoms with E-state index in [9.17, 15) is 4.79 Å². The molecule has 0 amide bonds. The molecular weight excluding hydrogens is 392 g/mol. The number of rotatable bonds is 8. The highest BCUT2D eigenvalue weighted by Crippen LogP contribution is 2.29. The molecule has 0 unspecified atom stereocenters. The summed E-state index contributed by atoms with van der Waals surface area (Å²) in [6, 6.07) is 24.7. The fraction of sp³-hybridized carbons (Fsp3) is 0.120. The highest BCUT2D eigenvalue weighted by Gasteiger charge is 2.14. The predicted octanol–water partition coefficient (Wildman–Crippen LogP) is 5.70. The highest BCUT2D eigenvalue weighted by molar-refractivity contribution is 5.80. The van der Waals surface area contributed by atoms with Gasteiger partial charge in [0.15, 0.2) is 6.29 Å². The SMILES string of the molecule is Cc1nn(C)c(Oc2ccc(Oc3ccc(OCc4ccccc4)cc3)cc2)c1C=O. The van der Waals surface area contributed by atoms with Crippen LogP contribution < -0.4 is 14.2 Å². The maximum atomic E-state index is 11.3. The Balaban J connectivity index is 1.36. The van der Waals surface area contributed by atoms with Gasteiger partial charge in [-0.3, -0.25) is 4.79 Å². The molecule has 1 heterocycles. The van der Waals surface area contributed by atoms with E-state index in [0.29, 0.717) is 41.0 Å². The first kappa shape index (κ1) is 20.2. The number of aldehydes is 1. The molecule has 4 rings (SSSR count). The first-order valence-corrected chi connectivity index (χ1v) is 9.84. The topological polar surface area (TPSA) is 62.6 Å². The molecule has 0 aliphatic carbocycles. The number of ether oxygens (including phenoxy) is 3. The molecule has 0 aliphatic heterocycles. The summed E-state index contributed by atoms with van der Waals surface area (Å²) in [5, 5.41) is 4.21.